The zero-order valence-electron chi connectivity index (χ0n) is 11.3. The van der Waals surface area contributed by atoms with E-state index in [0.29, 0.717) is 5.56 Å². The summed E-state index contributed by atoms with van der Waals surface area (Å²) in [5, 5.41) is 9.46. The van der Waals surface area contributed by atoms with Crippen LogP contribution in [0.5, 0.6) is 0 Å². The number of benzene rings is 1. The predicted molar refractivity (Wildman–Crippen MR) is 73.6 cm³/mol. The maximum Gasteiger partial charge on any atom is 0.152 e. The van der Waals surface area contributed by atoms with Crippen molar-refractivity contribution >= 4 is 14.4 Å². The van der Waals surface area contributed by atoms with Gasteiger partial charge >= 0.3 is 0 Å². The van der Waals surface area contributed by atoms with E-state index in [1.54, 1.807) is 0 Å². The molecule has 0 bridgehead atoms. The van der Waals surface area contributed by atoms with Crippen molar-refractivity contribution in [3.05, 3.63) is 35.9 Å². The van der Waals surface area contributed by atoms with Gasteiger partial charge in [-0.25, -0.2) is 0 Å². The van der Waals surface area contributed by atoms with E-state index in [0.717, 1.165) is 6.29 Å². The Kier molecular flexibility index (Phi) is 3.65. The third-order valence-electron chi connectivity index (χ3n) is 4.21. The maximum absolute atomic E-state index is 11.5. The molecular weight excluding hydrogens is 228 g/mol. The Labute approximate surface area is 105 Å². The van der Waals surface area contributed by atoms with Crippen molar-refractivity contribution in [3.8, 4) is 0 Å². The van der Waals surface area contributed by atoms with E-state index in [-0.39, 0.29) is 5.04 Å². The molecule has 1 rings (SSSR count). The average molecular weight is 250 g/mol. The Morgan fingerprint density at radius 2 is 1.59 bits per heavy atom. The summed E-state index contributed by atoms with van der Waals surface area (Å²) < 4.78 is 0. The summed E-state index contributed by atoms with van der Waals surface area (Å²) in [6.07, 6.45) is 0.722. The summed E-state index contributed by atoms with van der Waals surface area (Å²) in [5.74, 6) is 0. The highest BCUT2D eigenvalue weighted by Gasteiger charge is 2.53. The topological polar surface area (TPSA) is 37.3 Å². The normalized spacial score (nSPS) is 16.4. The first-order valence-electron chi connectivity index (χ1n) is 5.91. The van der Waals surface area contributed by atoms with Gasteiger partial charge < -0.3 is 9.90 Å². The summed E-state index contributed by atoms with van der Waals surface area (Å²) >= 11 is 0. The largest absolute Gasteiger partial charge is 0.381 e. The number of rotatable bonds is 3. The van der Waals surface area contributed by atoms with Crippen LogP contribution in [0, 0.1) is 0 Å². The van der Waals surface area contributed by atoms with Gasteiger partial charge in [-0.2, -0.15) is 0 Å². The molecule has 17 heavy (non-hydrogen) atoms. The van der Waals surface area contributed by atoms with Crippen molar-refractivity contribution in [3.63, 3.8) is 0 Å². The summed E-state index contributed by atoms with van der Waals surface area (Å²) in [4.78, 5) is 11.5. The Morgan fingerprint density at radius 3 is 1.94 bits per heavy atom. The second-order valence-corrected chi connectivity index (χ2v) is 11.6. The molecule has 0 unspecified atom stereocenters. The third-order valence-corrected chi connectivity index (χ3v) is 10.3. The molecule has 94 valence electrons. The molecule has 0 aliphatic heterocycles. The molecule has 0 aliphatic carbocycles. The van der Waals surface area contributed by atoms with Crippen molar-refractivity contribution in [2.45, 2.75) is 44.1 Å². The highest BCUT2D eigenvalue weighted by Crippen LogP contribution is 2.46. The molecule has 1 atom stereocenters. The van der Waals surface area contributed by atoms with Crippen LogP contribution in [0.2, 0.25) is 18.1 Å². The lowest BCUT2D eigenvalue weighted by Crippen LogP contribution is -2.58. The Morgan fingerprint density at radius 1 is 1.12 bits per heavy atom. The van der Waals surface area contributed by atoms with E-state index in [2.05, 4.69) is 33.9 Å². The van der Waals surface area contributed by atoms with E-state index < -0.39 is 13.3 Å². The van der Waals surface area contributed by atoms with Gasteiger partial charge in [0.2, 0.25) is 0 Å². The minimum atomic E-state index is -2.21. The second kappa shape index (κ2) is 4.39. The number of hydrogen-bond acceptors (Lipinski definition) is 2. The molecule has 0 spiro atoms. The summed E-state index contributed by atoms with van der Waals surface area (Å²) in [6, 6.07) is 9.26. The van der Waals surface area contributed by atoms with Crippen LogP contribution in [-0.4, -0.2) is 19.5 Å². The highest BCUT2D eigenvalue weighted by molar-refractivity contribution is 6.84. The first-order chi connectivity index (χ1) is 7.67. The standard InChI is InChI=1S/C14H22O2Si/c1-13(2,3)17(4,5)14(16,11-15)12-9-7-6-8-10-12/h6-11,16H,1-5H3/t14-/m0/s1. The van der Waals surface area contributed by atoms with E-state index in [4.69, 9.17) is 0 Å². The van der Waals surface area contributed by atoms with Crippen molar-refractivity contribution in [2.75, 3.05) is 0 Å². The molecule has 0 saturated heterocycles. The molecule has 1 aromatic carbocycles. The Bertz CT molecular complexity index is 392. The van der Waals surface area contributed by atoms with E-state index in [1.807, 2.05) is 30.3 Å². The lowest BCUT2D eigenvalue weighted by Gasteiger charge is -2.46. The smallest absolute Gasteiger partial charge is 0.152 e. The first kappa shape index (κ1) is 14.1. The SMILES string of the molecule is CC(C)(C)[Si](C)(C)[C@@](O)(C=O)c1ccccc1. The number of carbonyl (C=O) groups excluding carboxylic acids is 1. The minimum Gasteiger partial charge on any atom is -0.381 e. The molecule has 3 heteroatoms. The van der Waals surface area contributed by atoms with Crippen LogP contribution in [0.25, 0.3) is 0 Å². The molecule has 1 N–H and O–H groups in total. The third kappa shape index (κ3) is 2.22. The van der Waals surface area contributed by atoms with Crippen LogP contribution in [0.15, 0.2) is 30.3 Å². The molecule has 1 aromatic rings. The number of aliphatic hydroxyl groups is 1. The first-order valence-corrected chi connectivity index (χ1v) is 8.91. The van der Waals surface area contributed by atoms with E-state index >= 15 is 0 Å². The second-order valence-electron chi connectivity index (χ2n) is 6.13. The van der Waals surface area contributed by atoms with Gasteiger partial charge in [0.25, 0.3) is 0 Å². The van der Waals surface area contributed by atoms with Crippen LogP contribution in [-0.2, 0) is 10.0 Å². The molecule has 0 saturated carbocycles. The fourth-order valence-electron chi connectivity index (χ4n) is 1.84. The fraction of sp³-hybridized carbons (Fsp3) is 0.500. The Hall–Kier alpha value is -0.933. The van der Waals surface area contributed by atoms with Gasteiger partial charge in [0.1, 0.15) is 13.3 Å². The van der Waals surface area contributed by atoms with E-state index in [9.17, 15) is 9.90 Å². The van der Waals surface area contributed by atoms with Crippen LogP contribution in [0.4, 0.5) is 0 Å². The predicted octanol–water partition coefficient (Wildman–Crippen LogP) is 3.12. The van der Waals surface area contributed by atoms with Crippen molar-refractivity contribution < 1.29 is 9.90 Å². The zero-order chi connectivity index (χ0) is 13.3. The molecular formula is C14H22O2Si. The minimum absolute atomic E-state index is 0.0570. The van der Waals surface area contributed by atoms with Crippen molar-refractivity contribution in [1.29, 1.82) is 0 Å². The van der Waals surface area contributed by atoms with Crippen molar-refractivity contribution in [1.82, 2.24) is 0 Å². The molecule has 0 amide bonds. The number of carbonyl (C=O) groups is 1. The molecule has 0 aromatic heterocycles. The zero-order valence-corrected chi connectivity index (χ0v) is 12.3. The maximum atomic E-state index is 11.5. The van der Waals surface area contributed by atoms with Gasteiger partial charge in [0.05, 0.1) is 0 Å². The van der Waals surface area contributed by atoms with Crippen LogP contribution < -0.4 is 0 Å². The van der Waals surface area contributed by atoms with Gasteiger partial charge in [-0.15, -0.1) is 0 Å². The lowest BCUT2D eigenvalue weighted by atomic mass is 10.1. The van der Waals surface area contributed by atoms with Crippen LogP contribution in [0.3, 0.4) is 0 Å². The van der Waals surface area contributed by atoms with Gasteiger partial charge in [0, 0.05) is 0 Å². The fourth-order valence-corrected chi connectivity index (χ4v) is 4.17. The van der Waals surface area contributed by atoms with Gasteiger partial charge in [0.15, 0.2) is 6.29 Å². The van der Waals surface area contributed by atoms with Crippen LogP contribution >= 0.6 is 0 Å². The van der Waals surface area contributed by atoms with E-state index in [1.165, 1.54) is 0 Å². The summed E-state index contributed by atoms with van der Waals surface area (Å²) in [7, 11) is -2.21. The summed E-state index contributed by atoms with van der Waals surface area (Å²) in [5.41, 5.74) is 0.710. The average Bonchev–Trinajstić information content (AvgIpc) is 2.27. The molecule has 0 aliphatic rings. The molecule has 0 fully saturated rings. The monoisotopic (exact) mass is 250 g/mol. The highest BCUT2D eigenvalue weighted by atomic mass is 28.3. The Balaban J connectivity index is 3.37. The summed E-state index contributed by atoms with van der Waals surface area (Å²) in [6.45, 7) is 10.4. The molecule has 0 heterocycles. The molecule has 0 radical (unpaired) electrons. The lowest BCUT2D eigenvalue weighted by molar-refractivity contribution is -0.119. The number of hydrogen-bond donors (Lipinski definition) is 1. The quantitative estimate of drug-likeness (QED) is 0.661. The van der Waals surface area contributed by atoms with Gasteiger partial charge in [-0.1, -0.05) is 64.2 Å². The van der Waals surface area contributed by atoms with Gasteiger partial charge in [-0.05, 0) is 10.6 Å². The molecule has 2 nitrogen and oxygen atoms in total. The van der Waals surface area contributed by atoms with Crippen LogP contribution in [0.1, 0.15) is 26.3 Å². The van der Waals surface area contributed by atoms with Crippen molar-refractivity contribution in [2.24, 2.45) is 0 Å². The number of aldehydes is 1. The van der Waals surface area contributed by atoms with Gasteiger partial charge in [-0.3, -0.25) is 0 Å².